The summed E-state index contributed by atoms with van der Waals surface area (Å²) in [5.74, 6) is -0.520. The molecule has 2 N–H and O–H groups in total. The van der Waals surface area contributed by atoms with Gasteiger partial charge in [-0.2, -0.15) is 0 Å². The lowest BCUT2D eigenvalue weighted by atomic mass is 10.2. The molecular weight excluding hydrogens is 236 g/mol. The third-order valence-corrected chi connectivity index (χ3v) is 2.56. The van der Waals surface area contributed by atoms with Crippen LogP contribution < -0.4 is 10.5 Å². The van der Waals surface area contributed by atoms with Crippen molar-refractivity contribution in [2.45, 2.75) is 13.5 Å². The Balaban J connectivity index is 2.16. The van der Waals surface area contributed by atoms with E-state index in [1.165, 1.54) is 0 Å². The van der Waals surface area contributed by atoms with Crippen LogP contribution in [0.5, 0.6) is 5.75 Å². The van der Waals surface area contributed by atoms with Crippen molar-refractivity contribution >= 4 is 5.69 Å². The summed E-state index contributed by atoms with van der Waals surface area (Å²) < 4.78 is 31.8. The monoisotopic (exact) mass is 249 g/mol. The maximum absolute atomic E-state index is 13.4. The fraction of sp³-hybridized carbons (Fsp3) is 0.143. The highest BCUT2D eigenvalue weighted by molar-refractivity contribution is 5.53. The first kappa shape index (κ1) is 12.4. The third kappa shape index (κ3) is 2.77. The van der Waals surface area contributed by atoms with Gasteiger partial charge in [0, 0.05) is 5.56 Å². The Hall–Kier alpha value is -2.10. The van der Waals surface area contributed by atoms with Gasteiger partial charge in [0.1, 0.15) is 24.0 Å². The summed E-state index contributed by atoms with van der Waals surface area (Å²) in [4.78, 5) is 0. The Bertz CT molecular complexity index is 518. The molecule has 0 amide bonds. The highest BCUT2D eigenvalue weighted by Crippen LogP contribution is 2.24. The van der Waals surface area contributed by atoms with E-state index in [1.54, 1.807) is 12.1 Å². The highest BCUT2D eigenvalue weighted by Gasteiger charge is 2.06. The van der Waals surface area contributed by atoms with E-state index in [0.717, 1.165) is 23.8 Å². The van der Waals surface area contributed by atoms with Gasteiger partial charge in [0.25, 0.3) is 0 Å². The van der Waals surface area contributed by atoms with Crippen molar-refractivity contribution in [2.75, 3.05) is 5.73 Å². The van der Waals surface area contributed by atoms with Gasteiger partial charge in [-0.05, 0) is 42.8 Å². The van der Waals surface area contributed by atoms with Gasteiger partial charge in [0.15, 0.2) is 0 Å². The van der Waals surface area contributed by atoms with Crippen LogP contribution in [0.4, 0.5) is 14.5 Å². The van der Waals surface area contributed by atoms with E-state index in [9.17, 15) is 8.78 Å². The number of rotatable bonds is 3. The van der Waals surface area contributed by atoms with Gasteiger partial charge in [-0.3, -0.25) is 0 Å². The molecule has 0 atom stereocenters. The SMILES string of the molecule is Cc1ccc(N)c(OCc2cc(F)ccc2F)c1. The summed E-state index contributed by atoms with van der Waals surface area (Å²) in [7, 11) is 0. The first-order valence-electron chi connectivity index (χ1n) is 5.49. The van der Waals surface area contributed by atoms with Crippen LogP contribution >= 0.6 is 0 Å². The molecule has 0 heterocycles. The van der Waals surface area contributed by atoms with Crippen LogP contribution in [0.2, 0.25) is 0 Å². The standard InChI is InChI=1S/C14H13F2NO/c1-9-2-5-13(17)14(6-9)18-8-10-7-11(15)3-4-12(10)16/h2-7H,8,17H2,1H3. The molecule has 0 aliphatic rings. The molecule has 0 saturated carbocycles. The van der Waals surface area contributed by atoms with Gasteiger partial charge in [-0.15, -0.1) is 0 Å². The van der Waals surface area contributed by atoms with Crippen molar-refractivity contribution in [1.82, 2.24) is 0 Å². The highest BCUT2D eigenvalue weighted by atomic mass is 19.1. The molecule has 0 aliphatic heterocycles. The van der Waals surface area contributed by atoms with Crippen molar-refractivity contribution in [3.63, 3.8) is 0 Å². The molecule has 0 bridgehead atoms. The van der Waals surface area contributed by atoms with Crippen LogP contribution in [0.1, 0.15) is 11.1 Å². The number of aryl methyl sites for hydroxylation is 1. The van der Waals surface area contributed by atoms with Crippen molar-refractivity contribution in [1.29, 1.82) is 0 Å². The first-order chi connectivity index (χ1) is 8.56. The number of hydrogen-bond acceptors (Lipinski definition) is 2. The van der Waals surface area contributed by atoms with Gasteiger partial charge >= 0.3 is 0 Å². The lowest BCUT2D eigenvalue weighted by Crippen LogP contribution is -2.01. The van der Waals surface area contributed by atoms with E-state index in [2.05, 4.69) is 0 Å². The molecule has 0 unspecified atom stereocenters. The van der Waals surface area contributed by atoms with Crippen LogP contribution in [-0.2, 0) is 6.61 Å². The van der Waals surface area contributed by atoms with Gasteiger partial charge in [0.05, 0.1) is 5.69 Å². The van der Waals surface area contributed by atoms with Crippen molar-refractivity contribution in [3.8, 4) is 5.75 Å². The van der Waals surface area contributed by atoms with E-state index in [0.29, 0.717) is 11.4 Å². The molecule has 4 heteroatoms. The van der Waals surface area contributed by atoms with Gasteiger partial charge in [-0.25, -0.2) is 8.78 Å². The molecule has 2 rings (SSSR count). The molecule has 0 saturated heterocycles. The average molecular weight is 249 g/mol. The minimum atomic E-state index is -0.498. The number of nitrogens with two attached hydrogens (primary N) is 1. The summed E-state index contributed by atoms with van der Waals surface area (Å²) in [6, 6.07) is 8.58. The summed E-state index contributed by atoms with van der Waals surface area (Å²) >= 11 is 0. The van der Waals surface area contributed by atoms with E-state index in [-0.39, 0.29) is 12.2 Å². The van der Waals surface area contributed by atoms with Crippen molar-refractivity contribution in [3.05, 3.63) is 59.2 Å². The van der Waals surface area contributed by atoms with Crippen molar-refractivity contribution in [2.24, 2.45) is 0 Å². The second kappa shape index (κ2) is 5.04. The fourth-order valence-corrected chi connectivity index (χ4v) is 1.58. The molecule has 94 valence electrons. The minimum Gasteiger partial charge on any atom is -0.487 e. The van der Waals surface area contributed by atoms with Gasteiger partial charge in [0.2, 0.25) is 0 Å². The Labute approximate surface area is 104 Å². The number of halogens is 2. The van der Waals surface area contributed by atoms with E-state index in [1.807, 2.05) is 13.0 Å². The number of nitrogen functional groups attached to an aromatic ring is 1. The van der Waals surface area contributed by atoms with Gasteiger partial charge in [-0.1, -0.05) is 6.07 Å². The van der Waals surface area contributed by atoms with Crippen LogP contribution in [-0.4, -0.2) is 0 Å². The molecule has 2 aromatic carbocycles. The molecule has 0 aromatic heterocycles. The number of benzene rings is 2. The Kier molecular flexibility index (Phi) is 3.46. The van der Waals surface area contributed by atoms with Crippen LogP contribution in [0.25, 0.3) is 0 Å². The topological polar surface area (TPSA) is 35.2 Å². The lowest BCUT2D eigenvalue weighted by Gasteiger charge is -2.10. The molecule has 0 radical (unpaired) electrons. The summed E-state index contributed by atoms with van der Waals surface area (Å²) in [5, 5.41) is 0. The molecule has 0 aliphatic carbocycles. The normalized spacial score (nSPS) is 10.4. The first-order valence-corrected chi connectivity index (χ1v) is 5.49. The van der Waals surface area contributed by atoms with Crippen molar-refractivity contribution < 1.29 is 13.5 Å². The molecule has 2 aromatic rings. The Morgan fingerprint density at radius 1 is 1.11 bits per heavy atom. The van der Waals surface area contributed by atoms with E-state index >= 15 is 0 Å². The number of ether oxygens (including phenoxy) is 1. The summed E-state index contributed by atoms with van der Waals surface area (Å²) in [6.07, 6.45) is 0. The maximum atomic E-state index is 13.4. The molecule has 18 heavy (non-hydrogen) atoms. The number of anilines is 1. The van der Waals surface area contributed by atoms with Crippen LogP contribution in [0.3, 0.4) is 0 Å². The Morgan fingerprint density at radius 3 is 2.67 bits per heavy atom. The number of hydrogen-bond donors (Lipinski definition) is 1. The predicted molar refractivity (Wildman–Crippen MR) is 66.3 cm³/mol. The largest absolute Gasteiger partial charge is 0.487 e. The minimum absolute atomic E-state index is 0.0583. The quantitative estimate of drug-likeness (QED) is 0.846. The lowest BCUT2D eigenvalue weighted by molar-refractivity contribution is 0.300. The zero-order valence-electron chi connectivity index (χ0n) is 9.91. The smallest absolute Gasteiger partial charge is 0.142 e. The van der Waals surface area contributed by atoms with Gasteiger partial charge < -0.3 is 10.5 Å². The van der Waals surface area contributed by atoms with Crippen LogP contribution in [0, 0.1) is 18.6 Å². The summed E-state index contributed by atoms with van der Waals surface area (Å²) in [5.41, 5.74) is 7.35. The van der Waals surface area contributed by atoms with Crippen LogP contribution in [0.15, 0.2) is 36.4 Å². The van der Waals surface area contributed by atoms with E-state index in [4.69, 9.17) is 10.5 Å². The molecular formula is C14H13F2NO. The fourth-order valence-electron chi connectivity index (χ4n) is 1.58. The second-order valence-electron chi connectivity index (χ2n) is 4.07. The summed E-state index contributed by atoms with van der Waals surface area (Å²) in [6.45, 7) is 1.84. The third-order valence-electron chi connectivity index (χ3n) is 2.56. The second-order valence-corrected chi connectivity index (χ2v) is 4.07. The zero-order chi connectivity index (χ0) is 13.1. The average Bonchev–Trinajstić information content (AvgIpc) is 2.34. The van der Waals surface area contributed by atoms with E-state index < -0.39 is 11.6 Å². The predicted octanol–water partition coefficient (Wildman–Crippen LogP) is 3.43. The Morgan fingerprint density at radius 2 is 1.89 bits per heavy atom. The molecule has 2 nitrogen and oxygen atoms in total. The zero-order valence-corrected chi connectivity index (χ0v) is 9.91. The molecule has 0 fully saturated rings. The molecule has 0 spiro atoms. The maximum Gasteiger partial charge on any atom is 0.142 e.